The van der Waals surface area contributed by atoms with Crippen LogP contribution in [0.15, 0.2) is 36.9 Å². The van der Waals surface area contributed by atoms with Gasteiger partial charge in [-0.25, -0.2) is 4.79 Å². The monoisotopic (exact) mass is 307 g/mol. The number of ether oxygens (including phenoxy) is 2. The van der Waals surface area contributed by atoms with Crippen LogP contribution in [0.1, 0.15) is 40.1 Å². The molecule has 22 heavy (non-hydrogen) atoms. The molecule has 5 heteroatoms. The highest BCUT2D eigenvalue weighted by Gasteiger charge is 2.21. The van der Waals surface area contributed by atoms with Crippen molar-refractivity contribution in [1.82, 2.24) is 0 Å². The minimum absolute atomic E-state index is 0. The normalized spacial score (nSPS) is 12.2. The minimum Gasteiger partial charge on any atom is -0.469 e. The predicted molar refractivity (Wildman–Crippen MR) is 88.0 cm³/mol. The second-order valence-electron chi connectivity index (χ2n) is 5.85. The third kappa shape index (κ3) is 5.60. The molecule has 0 heterocycles. The Morgan fingerprint density at radius 3 is 2.64 bits per heavy atom. The van der Waals surface area contributed by atoms with Gasteiger partial charge in [-0.15, -0.1) is 6.58 Å². The van der Waals surface area contributed by atoms with Crippen molar-refractivity contribution < 1.29 is 20.5 Å². The first-order valence-corrected chi connectivity index (χ1v) is 7.05. The molecule has 1 aromatic rings. The molecule has 0 radical (unpaired) electrons. The summed E-state index contributed by atoms with van der Waals surface area (Å²) in [7, 11) is 1.35. The molecule has 1 aromatic carbocycles. The fraction of sp³-hybridized carbons (Fsp3) is 0.412. The molecule has 0 aliphatic heterocycles. The van der Waals surface area contributed by atoms with Gasteiger partial charge in [0.15, 0.2) is 0 Å². The molecule has 0 saturated heterocycles. The molecule has 0 aliphatic rings. The van der Waals surface area contributed by atoms with Gasteiger partial charge in [0.2, 0.25) is 0 Å². The highest BCUT2D eigenvalue weighted by Crippen LogP contribution is 2.24. The van der Waals surface area contributed by atoms with Crippen molar-refractivity contribution in [3.8, 4) is 0 Å². The molecule has 5 nitrogen and oxygen atoms in total. The smallest absolute Gasteiger partial charge is 0.412 e. The minimum atomic E-state index is -0.570. The second-order valence-corrected chi connectivity index (χ2v) is 5.85. The van der Waals surface area contributed by atoms with Crippen molar-refractivity contribution in [2.45, 2.75) is 38.7 Å². The first-order valence-electron chi connectivity index (χ1n) is 7.05. The van der Waals surface area contributed by atoms with Crippen LogP contribution in [0.4, 0.5) is 10.5 Å². The SMILES string of the molecule is C=CCC(C(=O)OC)c1cccc(NC(=O)OC(C)(C)C)c1.[HH]. The van der Waals surface area contributed by atoms with E-state index in [0.717, 1.165) is 5.56 Å². The van der Waals surface area contributed by atoms with E-state index in [-0.39, 0.29) is 7.40 Å². The molecule has 1 atom stereocenters. The lowest BCUT2D eigenvalue weighted by atomic mass is 9.95. The number of anilines is 1. The number of rotatable bonds is 5. The maximum absolute atomic E-state index is 11.8. The fourth-order valence-corrected chi connectivity index (χ4v) is 1.93. The average molecular weight is 307 g/mol. The van der Waals surface area contributed by atoms with Gasteiger partial charge in [0, 0.05) is 7.11 Å². The molecular formula is C17H25NO4. The zero-order valence-corrected chi connectivity index (χ0v) is 13.5. The van der Waals surface area contributed by atoms with Crippen LogP contribution in [0.25, 0.3) is 0 Å². The van der Waals surface area contributed by atoms with Gasteiger partial charge < -0.3 is 9.47 Å². The van der Waals surface area contributed by atoms with E-state index in [0.29, 0.717) is 12.1 Å². The van der Waals surface area contributed by atoms with Gasteiger partial charge in [-0.2, -0.15) is 0 Å². The molecule has 1 amide bonds. The maximum atomic E-state index is 11.8. The predicted octanol–water partition coefficient (Wildman–Crippen LogP) is 4.11. The summed E-state index contributed by atoms with van der Waals surface area (Å²) in [4.78, 5) is 23.6. The third-order valence-electron chi connectivity index (χ3n) is 2.82. The van der Waals surface area contributed by atoms with Crippen molar-refractivity contribution in [2.75, 3.05) is 12.4 Å². The number of carbonyl (C=O) groups excluding carboxylic acids is 2. The van der Waals surface area contributed by atoms with Crippen LogP contribution in [0.5, 0.6) is 0 Å². The number of benzene rings is 1. The van der Waals surface area contributed by atoms with Gasteiger partial charge in [0.25, 0.3) is 0 Å². The van der Waals surface area contributed by atoms with Crippen LogP contribution in [0.3, 0.4) is 0 Å². The van der Waals surface area contributed by atoms with E-state index in [9.17, 15) is 9.59 Å². The van der Waals surface area contributed by atoms with Gasteiger partial charge in [-0.05, 0) is 44.9 Å². The summed E-state index contributed by atoms with van der Waals surface area (Å²) in [6.07, 6.45) is 1.58. The molecule has 0 saturated carbocycles. The summed E-state index contributed by atoms with van der Waals surface area (Å²) >= 11 is 0. The molecule has 122 valence electrons. The second kappa shape index (κ2) is 7.64. The lowest BCUT2D eigenvalue weighted by Crippen LogP contribution is -2.27. The highest BCUT2D eigenvalue weighted by molar-refractivity contribution is 5.85. The van der Waals surface area contributed by atoms with E-state index in [1.807, 2.05) is 6.07 Å². The van der Waals surface area contributed by atoms with Gasteiger partial charge in [-0.3, -0.25) is 10.1 Å². The summed E-state index contributed by atoms with van der Waals surface area (Å²) < 4.78 is 10.0. The number of carbonyl (C=O) groups is 2. The molecule has 0 fully saturated rings. The maximum Gasteiger partial charge on any atom is 0.412 e. The Labute approximate surface area is 132 Å². The van der Waals surface area contributed by atoms with Crippen LogP contribution in [-0.2, 0) is 14.3 Å². The number of hydrogen-bond donors (Lipinski definition) is 1. The van der Waals surface area contributed by atoms with Gasteiger partial charge in [-0.1, -0.05) is 18.2 Å². The Balaban J connectivity index is 0.00000484. The summed E-state index contributed by atoms with van der Waals surface area (Å²) in [5.74, 6) is -0.780. The average Bonchev–Trinajstić information content (AvgIpc) is 2.42. The van der Waals surface area contributed by atoms with E-state index in [4.69, 9.17) is 9.47 Å². The lowest BCUT2D eigenvalue weighted by molar-refractivity contribution is -0.142. The molecule has 0 bridgehead atoms. The number of methoxy groups -OCH3 is 1. The Morgan fingerprint density at radius 1 is 1.41 bits per heavy atom. The quantitative estimate of drug-likeness (QED) is 0.656. The molecule has 1 N–H and O–H groups in total. The third-order valence-corrected chi connectivity index (χ3v) is 2.82. The molecule has 0 aliphatic carbocycles. The zero-order chi connectivity index (χ0) is 16.8. The van der Waals surface area contributed by atoms with Crippen molar-refractivity contribution in [3.05, 3.63) is 42.5 Å². The standard InChI is InChI=1S/C17H23NO4.H2/c1-6-8-14(15(19)21-5)12-9-7-10-13(11-12)18-16(20)22-17(2,3)4;/h6-7,9-11,14H,1,8H2,2-5H3,(H,18,20);1H. The van der Waals surface area contributed by atoms with Crippen LogP contribution in [0, 0.1) is 0 Å². The summed E-state index contributed by atoms with van der Waals surface area (Å²) in [5, 5.41) is 2.65. The fourth-order valence-electron chi connectivity index (χ4n) is 1.93. The molecule has 0 aromatic heterocycles. The Bertz CT molecular complexity index is 552. The van der Waals surface area contributed by atoms with Gasteiger partial charge >= 0.3 is 12.1 Å². The molecule has 1 unspecified atom stereocenters. The molecule has 0 spiro atoms. The Hall–Kier alpha value is -2.30. The first kappa shape index (κ1) is 17.8. The van der Waals surface area contributed by atoms with Crippen LogP contribution < -0.4 is 5.32 Å². The number of allylic oxidation sites excluding steroid dienone is 1. The largest absolute Gasteiger partial charge is 0.469 e. The van der Waals surface area contributed by atoms with Crippen molar-refractivity contribution in [1.29, 1.82) is 0 Å². The highest BCUT2D eigenvalue weighted by atomic mass is 16.6. The van der Waals surface area contributed by atoms with E-state index < -0.39 is 17.6 Å². The van der Waals surface area contributed by atoms with Crippen LogP contribution >= 0.6 is 0 Å². The van der Waals surface area contributed by atoms with Crippen LogP contribution in [-0.4, -0.2) is 24.8 Å². The van der Waals surface area contributed by atoms with Crippen molar-refractivity contribution in [2.24, 2.45) is 0 Å². The van der Waals surface area contributed by atoms with E-state index in [2.05, 4.69) is 11.9 Å². The summed E-state index contributed by atoms with van der Waals surface area (Å²) in [6.45, 7) is 9.03. The van der Waals surface area contributed by atoms with Gasteiger partial charge in [0.1, 0.15) is 5.60 Å². The van der Waals surface area contributed by atoms with E-state index >= 15 is 0 Å². The molecule has 1 rings (SSSR count). The Morgan fingerprint density at radius 2 is 2.09 bits per heavy atom. The number of amides is 1. The zero-order valence-electron chi connectivity index (χ0n) is 13.5. The van der Waals surface area contributed by atoms with E-state index in [1.165, 1.54) is 7.11 Å². The Kier molecular flexibility index (Phi) is 6.16. The van der Waals surface area contributed by atoms with Crippen molar-refractivity contribution >= 4 is 17.7 Å². The van der Waals surface area contributed by atoms with E-state index in [1.54, 1.807) is 45.0 Å². The van der Waals surface area contributed by atoms with Gasteiger partial charge in [0.05, 0.1) is 13.0 Å². The molecular weight excluding hydrogens is 282 g/mol. The number of nitrogens with one attached hydrogen (secondary N) is 1. The number of hydrogen-bond acceptors (Lipinski definition) is 4. The summed E-state index contributed by atoms with van der Waals surface area (Å²) in [5.41, 5.74) is 0.740. The van der Waals surface area contributed by atoms with Crippen molar-refractivity contribution in [3.63, 3.8) is 0 Å². The topological polar surface area (TPSA) is 64.6 Å². The summed E-state index contributed by atoms with van der Waals surface area (Å²) in [6, 6.07) is 7.04. The van der Waals surface area contributed by atoms with Crippen LogP contribution in [0.2, 0.25) is 0 Å². The first-order chi connectivity index (χ1) is 10.3. The number of esters is 1. The lowest BCUT2D eigenvalue weighted by Gasteiger charge is -2.20.